The van der Waals surface area contributed by atoms with Crippen LogP contribution in [0.2, 0.25) is 0 Å². The zero-order valence-corrected chi connectivity index (χ0v) is 20.2. The molecule has 0 aliphatic heterocycles. The predicted octanol–water partition coefficient (Wildman–Crippen LogP) is 8.04. The Hall–Kier alpha value is -0.630. The van der Waals surface area contributed by atoms with Gasteiger partial charge in [-0.3, -0.25) is 0 Å². The van der Waals surface area contributed by atoms with E-state index in [4.69, 9.17) is 9.05 Å². The fourth-order valence-corrected chi connectivity index (χ4v) is 3.82. The van der Waals surface area contributed by atoms with E-state index in [9.17, 15) is 4.89 Å². The molecule has 28 heavy (non-hydrogen) atoms. The molecular formula is C24H43O3P. The minimum atomic E-state index is -1.89. The van der Waals surface area contributed by atoms with Crippen LogP contribution in [0.4, 0.5) is 0 Å². The fourth-order valence-electron chi connectivity index (χ4n) is 3.15. The van der Waals surface area contributed by atoms with Crippen molar-refractivity contribution in [1.82, 2.24) is 0 Å². The molecule has 1 atom stereocenters. The third-order valence-corrected chi connectivity index (χ3v) is 5.79. The highest BCUT2D eigenvalue weighted by molar-refractivity contribution is 7.41. The minimum Gasteiger partial charge on any atom is -0.427 e. The second-order valence-corrected chi connectivity index (χ2v) is 10.8. The van der Waals surface area contributed by atoms with Gasteiger partial charge in [-0.2, -0.15) is 0 Å². The Morgan fingerprint density at radius 1 is 0.821 bits per heavy atom. The molecule has 162 valence electrons. The quantitative estimate of drug-likeness (QED) is 0.280. The van der Waals surface area contributed by atoms with Crippen LogP contribution in [0.5, 0.6) is 5.75 Å². The number of unbranched alkanes of at least 4 members (excludes halogenated alkanes) is 7. The fraction of sp³-hybridized carbons (Fsp3) is 0.750. The van der Waals surface area contributed by atoms with Crippen molar-refractivity contribution in [1.29, 1.82) is 0 Å². The Kier molecular flexibility index (Phi) is 11.0. The monoisotopic (exact) mass is 410 g/mol. The molecule has 0 aliphatic rings. The van der Waals surface area contributed by atoms with Crippen LogP contribution in [0.15, 0.2) is 18.2 Å². The van der Waals surface area contributed by atoms with Crippen molar-refractivity contribution in [2.24, 2.45) is 0 Å². The van der Waals surface area contributed by atoms with Crippen LogP contribution in [-0.4, -0.2) is 11.5 Å². The van der Waals surface area contributed by atoms with Crippen molar-refractivity contribution < 1.29 is 13.9 Å². The molecule has 0 bridgehead atoms. The van der Waals surface area contributed by atoms with Gasteiger partial charge in [0, 0.05) is 5.56 Å². The molecule has 0 aromatic heterocycles. The van der Waals surface area contributed by atoms with E-state index in [0.29, 0.717) is 6.61 Å². The zero-order valence-electron chi connectivity index (χ0n) is 19.3. The van der Waals surface area contributed by atoms with Crippen LogP contribution in [0, 0.1) is 0 Å². The van der Waals surface area contributed by atoms with Gasteiger partial charge in [0.05, 0.1) is 6.61 Å². The maximum Gasteiger partial charge on any atom is 0.394 e. The van der Waals surface area contributed by atoms with Gasteiger partial charge in [0.1, 0.15) is 5.75 Å². The lowest BCUT2D eigenvalue weighted by atomic mass is 9.80. The standard InChI is InChI=1S/C24H43O3P/c1-8-9-10-11-12-13-14-15-18-26-28(25)27-22-17-16-20(23(2,3)4)19-21(22)24(5,6)7/h16-17,19,25H,8-15,18H2,1-7H3. The highest BCUT2D eigenvalue weighted by Crippen LogP contribution is 2.42. The average molecular weight is 411 g/mol. The van der Waals surface area contributed by atoms with E-state index in [1.165, 1.54) is 44.1 Å². The molecule has 0 heterocycles. The third kappa shape index (κ3) is 9.72. The van der Waals surface area contributed by atoms with Crippen LogP contribution in [0.1, 0.15) is 111 Å². The first-order valence-electron chi connectivity index (χ1n) is 11.0. The third-order valence-electron chi connectivity index (χ3n) is 5.03. The Morgan fingerprint density at radius 2 is 1.39 bits per heavy atom. The van der Waals surface area contributed by atoms with Gasteiger partial charge in [-0.1, -0.05) is 106 Å². The molecule has 3 nitrogen and oxygen atoms in total. The predicted molar refractivity (Wildman–Crippen MR) is 122 cm³/mol. The van der Waals surface area contributed by atoms with Gasteiger partial charge in [0.25, 0.3) is 0 Å². The van der Waals surface area contributed by atoms with Gasteiger partial charge >= 0.3 is 8.60 Å². The molecule has 0 amide bonds. The van der Waals surface area contributed by atoms with Crippen molar-refractivity contribution in [3.63, 3.8) is 0 Å². The maximum atomic E-state index is 10.2. The summed E-state index contributed by atoms with van der Waals surface area (Å²) in [6.07, 6.45) is 10.0. The van der Waals surface area contributed by atoms with Crippen molar-refractivity contribution in [3.05, 3.63) is 29.3 Å². The van der Waals surface area contributed by atoms with Crippen LogP contribution in [-0.2, 0) is 15.4 Å². The molecule has 0 fully saturated rings. The van der Waals surface area contributed by atoms with E-state index in [-0.39, 0.29) is 10.8 Å². The second kappa shape index (κ2) is 12.2. The molecule has 0 saturated carbocycles. The molecule has 0 saturated heterocycles. The summed E-state index contributed by atoms with van der Waals surface area (Å²) in [4.78, 5) is 10.2. The van der Waals surface area contributed by atoms with Crippen LogP contribution in [0.3, 0.4) is 0 Å². The van der Waals surface area contributed by atoms with Gasteiger partial charge in [0.15, 0.2) is 0 Å². The first-order valence-corrected chi connectivity index (χ1v) is 12.1. The lowest BCUT2D eigenvalue weighted by Crippen LogP contribution is -2.17. The number of benzene rings is 1. The second-order valence-electron chi connectivity index (χ2n) is 9.85. The number of hydrogen-bond donors (Lipinski definition) is 1. The lowest BCUT2D eigenvalue weighted by molar-refractivity contribution is 0.252. The highest BCUT2D eigenvalue weighted by Gasteiger charge is 2.24. The zero-order chi connectivity index (χ0) is 21.2. The number of hydrogen-bond acceptors (Lipinski definition) is 3. The Labute approximate surface area is 175 Å². The van der Waals surface area contributed by atoms with Gasteiger partial charge in [-0.25, -0.2) is 0 Å². The van der Waals surface area contributed by atoms with E-state index >= 15 is 0 Å². The Balaban J connectivity index is 2.48. The number of rotatable bonds is 12. The van der Waals surface area contributed by atoms with Crippen LogP contribution in [0.25, 0.3) is 0 Å². The summed E-state index contributed by atoms with van der Waals surface area (Å²) in [5, 5.41) is 0. The molecule has 4 heteroatoms. The van der Waals surface area contributed by atoms with E-state index in [0.717, 1.165) is 24.2 Å². The summed E-state index contributed by atoms with van der Waals surface area (Å²) in [5.74, 6) is 0.727. The van der Waals surface area contributed by atoms with Gasteiger partial charge < -0.3 is 13.9 Å². The van der Waals surface area contributed by atoms with Crippen LogP contribution < -0.4 is 4.52 Å². The van der Waals surface area contributed by atoms with Crippen molar-refractivity contribution >= 4 is 8.60 Å². The van der Waals surface area contributed by atoms with E-state index in [2.05, 4.69) is 60.6 Å². The van der Waals surface area contributed by atoms with Gasteiger partial charge in [0.2, 0.25) is 0 Å². The maximum absolute atomic E-state index is 10.2. The Bertz CT molecular complexity index is 558. The van der Waals surface area contributed by atoms with E-state index < -0.39 is 8.60 Å². The smallest absolute Gasteiger partial charge is 0.394 e. The summed E-state index contributed by atoms with van der Waals surface area (Å²) >= 11 is 0. The molecule has 1 unspecified atom stereocenters. The van der Waals surface area contributed by atoms with E-state index in [1.807, 2.05) is 6.07 Å². The topological polar surface area (TPSA) is 38.7 Å². The molecule has 0 aliphatic carbocycles. The lowest BCUT2D eigenvalue weighted by Gasteiger charge is -2.27. The summed E-state index contributed by atoms with van der Waals surface area (Å²) < 4.78 is 11.4. The molecule has 1 aromatic carbocycles. The van der Waals surface area contributed by atoms with Crippen molar-refractivity contribution in [3.8, 4) is 5.75 Å². The Morgan fingerprint density at radius 3 is 1.93 bits per heavy atom. The first kappa shape index (κ1) is 25.4. The molecule has 0 spiro atoms. The summed E-state index contributed by atoms with van der Waals surface area (Å²) in [6, 6.07) is 6.27. The molecule has 1 N–H and O–H groups in total. The average Bonchev–Trinajstić information content (AvgIpc) is 2.58. The molecular weight excluding hydrogens is 367 g/mol. The van der Waals surface area contributed by atoms with Gasteiger partial charge in [-0.05, 0) is 28.9 Å². The highest BCUT2D eigenvalue weighted by atomic mass is 31.2. The van der Waals surface area contributed by atoms with Crippen molar-refractivity contribution in [2.45, 2.75) is 111 Å². The van der Waals surface area contributed by atoms with Crippen LogP contribution >= 0.6 is 8.60 Å². The summed E-state index contributed by atoms with van der Waals surface area (Å²) in [7, 11) is -1.89. The van der Waals surface area contributed by atoms with E-state index in [1.54, 1.807) is 0 Å². The largest absolute Gasteiger partial charge is 0.427 e. The first-order chi connectivity index (χ1) is 13.1. The van der Waals surface area contributed by atoms with Gasteiger partial charge in [-0.15, -0.1) is 0 Å². The SMILES string of the molecule is CCCCCCCCCCOP(O)Oc1ccc(C(C)(C)C)cc1C(C)(C)C. The summed E-state index contributed by atoms with van der Waals surface area (Å²) in [5.41, 5.74) is 2.39. The summed E-state index contributed by atoms with van der Waals surface area (Å²) in [6.45, 7) is 15.9. The minimum absolute atomic E-state index is 0.0649. The molecule has 1 rings (SSSR count). The van der Waals surface area contributed by atoms with Crippen molar-refractivity contribution in [2.75, 3.05) is 6.61 Å². The molecule has 0 radical (unpaired) electrons. The molecule has 1 aromatic rings. The normalized spacial score (nSPS) is 13.6.